The highest BCUT2D eigenvalue weighted by Crippen LogP contribution is 2.40. The number of ether oxygens (including phenoxy) is 3. The minimum absolute atomic E-state index is 0.0717. The molecule has 0 radical (unpaired) electrons. The number of hydrogen-bond donors (Lipinski definition) is 2. The number of nitrogens with two attached hydrogens (primary N) is 1. The van der Waals surface area contributed by atoms with Gasteiger partial charge < -0.3 is 25.3 Å². The van der Waals surface area contributed by atoms with E-state index < -0.39 is 11.9 Å². The lowest BCUT2D eigenvalue weighted by atomic mass is 9.83. The quantitative estimate of drug-likeness (QED) is 0.573. The molecule has 182 valence electrons. The van der Waals surface area contributed by atoms with Gasteiger partial charge in [-0.05, 0) is 63.4 Å². The van der Waals surface area contributed by atoms with E-state index in [1.807, 2.05) is 39.0 Å². The molecule has 1 unspecified atom stereocenters. The zero-order valence-electron chi connectivity index (χ0n) is 20.5. The van der Waals surface area contributed by atoms with Crippen molar-refractivity contribution in [1.29, 1.82) is 5.26 Å². The van der Waals surface area contributed by atoms with Crippen molar-refractivity contribution in [2.45, 2.75) is 40.5 Å². The highest BCUT2D eigenvalue weighted by molar-refractivity contribution is 5.94. The highest BCUT2D eigenvalue weighted by atomic mass is 16.5. The predicted octanol–water partition coefficient (Wildman–Crippen LogP) is 4.27. The topological polar surface area (TPSA) is 124 Å². The molecule has 1 aliphatic heterocycles. The first-order valence-electron chi connectivity index (χ1n) is 11.2. The van der Waals surface area contributed by atoms with Crippen molar-refractivity contribution in [3.05, 3.63) is 81.4 Å². The number of benzene rings is 2. The Balaban J connectivity index is 1.83. The number of nitrogens with one attached hydrogen (secondary N) is 1. The van der Waals surface area contributed by atoms with Crippen LogP contribution in [0.3, 0.4) is 0 Å². The van der Waals surface area contributed by atoms with Crippen LogP contribution in [0.2, 0.25) is 0 Å². The molecule has 3 N–H and O–H groups in total. The molecule has 1 heterocycles. The van der Waals surface area contributed by atoms with Crippen LogP contribution in [-0.2, 0) is 19.1 Å². The molecule has 2 aromatic rings. The van der Waals surface area contributed by atoms with Crippen molar-refractivity contribution < 1.29 is 23.8 Å². The average Bonchev–Trinajstić information content (AvgIpc) is 2.80. The summed E-state index contributed by atoms with van der Waals surface area (Å²) < 4.78 is 16.4. The van der Waals surface area contributed by atoms with E-state index in [1.54, 1.807) is 38.1 Å². The molecular weight excluding hydrogens is 446 g/mol. The lowest BCUT2D eigenvalue weighted by Gasteiger charge is -2.27. The van der Waals surface area contributed by atoms with E-state index in [-0.39, 0.29) is 41.9 Å². The van der Waals surface area contributed by atoms with Crippen molar-refractivity contribution in [2.75, 3.05) is 18.5 Å². The molecule has 1 amide bonds. The van der Waals surface area contributed by atoms with Crippen LogP contribution < -0.4 is 15.8 Å². The minimum atomic E-state index is -0.789. The van der Waals surface area contributed by atoms with Gasteiger partial charge in [0.25, 0.3) is 5.91 Å². The van der Waals surface area contributed by atoms with E-state index in [0.29, 0.717) is 11.3 Å². The standard InChI is InChI=1S/C27H29N3O5/c1-6-33-27(32)23-18(5)35-26(29)21(13-28)24(23)19-8-7-9-20(12-19)34-14-22(31)30-25-16(3)10-15(2)11-17(25)4/h7-12,24H,6,14,29H2,1-5H3,(H,30,31). The Kier molecular flexibility index (Phi) is 7.82. The Hall–Kier alpha value is -4.25. The molecule has 8 nitrogen and oxygen atoms in total. The average molecular weight is 476 g/mol. The van der Waals surface area contributed by atoms with E-state index in [2.05, 4.69) is 5.32 Å². The van der Waals surface area contributed by atoms with Gasteiger partial charge in [-0.3, -0.25) is 4.79 Å². The third kappa shape index (κ3) is 5.64. The van der Waals surface area contributed by atoms with Crippen LogP contribution in [0, 0.1) is 32.1 Å². The molecule has 0 bridgehead atoms. The van der Waals surface area contributed by atoms with Crippen LogP contribution in [-0.4, -0.2) is 25.1 Å². The van der Waals surface area contributed by atoms with Crippen LogP contribution in [0.15, 0.2) is 59.2 Å². The van der Waals surface area contributed by atoms with Crippen LogP contribution in [0.1, 0.15) is 42.0 Å². The molecule has 3 rings (SSSR count). The van der Waals surface area contributed by atoms with E-state index in [1.165, 1.54) is 0 Å². The number of aryl methyl sites for hydroxylation is 3. The lowest BCUT2D eigenvalue weighted by molar-refractivity contribution is -0.139. The number of rotatable bonds is 7. The molecule has 0 aliphatic carbocycles. The Bertz CT molecular complexity index is 1250. The van der Waals surface area contributed by atoms with Crippen molar-refractivity contribution in [3.8, 4) is 11.8 Å². The van der Waals surface area contributed by atoms with Gasteiger partial charge in [-0.1, -0.05) is 29.8 Å². The molecule has 0 spiro atoms. The molecule has 1 atom stereocenters. The summed E-state index contributed by atoms with van der Waals surface area (Å²) in [6, 6.07) is 12.9. The van der Waals surface area contributed by atoms with Gasteiger partial charge in [-0.2, -0.15) is 5.26 Å². The number of carbonyl (C=O) groups is 2. The summed E-state index contributed by atoms with van der Waals surface area (Å²) in [7, 11) is 0. The maximum Gasteiger partial charge on any atom is 0.338 e. The van der Waals surface area contributed by atoms with Gasteiger partial charge in [-0.15, -0.1) is 0 Å². The van der Waals surface area contributed by atoms with Gasteiger partial charge in [0.1, 0.15) is 23.2 Å². The van der Waals surface area contributed by atoms with Crippen molar-refractivity contribution in [1.82, 2.24) is 0 Å². The fourth-order valence-corrected chi connectivity index (χ4v) is 4.17. The second-order valence-electron chi connectivity index (χ2n) is 8.30. The summed E-state index contributed by atoms with van der Waals surface area (Å²) in [4.78, 5) is 25.3. The first-order chi connectivity index (χ1) is 16.7. The second kappa shape index (κ2) is 10.8. The number of nitriles is 1. The highest BCUT2D eigenvalue weighted by Gasteiger charge is 2.36. The maximum absolute atomic E-state index is 12.7. The number of allylic oxidation sites excluding steroid dienone is 2. The Morgan fingerprint density at radius 3 is 2.46 bits per heavy atom. The third-order valence-corrected chi connectivity index (χ3v) is 5.60. The van der Waals surface area contributed by atoms with E-state index in [0.717, 1.165) is 22.4 Å². The van der Waals surface area contributed by atoms with Gasteiger partial charge in [0.05, 0.1) is 18.1 Å². The molecule has 8 heteroatoms. The van der Waals surface area contributed by atoms with Gasteiger partial charge in [0, 0.05) is 5.69 Å². The van der Waals surface area contributed by atoms with Crippen molar-refractivity contribution in [2.24, 2.45) is 5.73 Å². The number of hydrogen-bond acceptors (Lipinski definition) is 7. The van der Waals surface area contributed by atoms with Crippen LogP contribution in [0.5, 0.6) is 5.75 Å². The zero-order chi connectivity index (χ0) is 25.7. The maximum atomic E-state index is 12.7. The summed E-state index contributed by atoms with van der Waals surface area (Å²) in [6.45, 7) is 9.13. The SMILES string of the molecule is CCOC(=O)C1=C(C)OC(N)=C(C#N)C1c1cccc(OCC(=O)Nc2c(C)cc(C)cc2C)c1. The molecule has 35 heavy (non-hydrogen) atoms. The fourth-order valence-electron chi connectivity index (χ4n) is 4.17. The third-order valence-electron chi connectivity index (χ3n) is 5.60. The summed E-state index contributed by atoms with van der Waals surface area (Å²) in [5.74, 6) is -1.09. The number of amides is 1. The zero-order valence-corrected chi connectivity index (χ0v) is 20.5. The number of nitrogens with zero attached hydrogens (tertiary/aromatic N) is 1. The summed E-state index contributed by atoms with van der Waals surface area (Å²) in [5, 5.41) is 12.6. The van der Waals surface area contributed by atoms with Gasteiger partial charge >= 0.3 is 5.97 Å². The number of carbonyl (C=O) groups excluding carboxylic acids is 2. The summed E-state index contributed by atoms with van der Waals surface area (Å²) in [5.41, 5.74) is 10.7. The van der Waals surface area contributed by atoms with Gasteiger partial charge in [0.2, 0.25) is 5.88 Å². The largest absolute Gasteiger partial charge is 0.484 e. The van der Waals surface area contributed by atoms with Crippen LogP contribution >= 0.6 is 0 Å². The fraction of sp³-hybridized carbons (Fsp3) is 0.296. The molecule has 0 saturated heterocycles. The molecular formula is C27H29N3O5. The summed E-state index contributed by atoms with van der Waals surface area (Å²) >= 11 is 0. The normalized spacial score (nSPS) is 15.3. The first kappa shape index (κ1) is 25.4. The number of anilines is 1. The molecule has 1 aliphatic rings. The van der Waals surface area contributed by atoms with Crippen molar-refractivity contribution in [3.63, 3.8) is 0 Å². The van der Waals surface area contributed by atoms with Crippen LogP contribution in [0.4, 0.5) is 5.69 Å². The predicted molar refractivity (Wildman–Crippen MR) is 131 cm³/mol. The summed E-state index contributed by atoms with van der Waals surface area (Å²) in [6.07, 6.45) is 0. The molecule has 2 aromatic carbocycles. The van der Waals surface area contributed by atoms with Crippen molar-refractivity contribution >= 4 is 17.6 Å². The number of esters is 1. The first-order valence-corrected chi connectivity index (χ1v) is 11.2. The Morgan fingerprint density at radius 1 is 1.14 bits per heavy atom. The van der Waals surface area contributed by atoms with Crippen LogP contribution in [0.25, 0.3) is 0 Å². The smallest absolute Gasteiger partial charge is 0.338 e. The van der Waals surface area contributed by atoms with Gasteiger partial charge in [0.15, 0.2) is 6.61 Å². The Morgan fingerprint density at radius 2 is 1.83 bits per heavy atom. The Labute approximate surface area is 205 Å². The lowest BCUT2D eigenvalue weighted by Crippen LogP contribution is -2.25. The van der Waals surface area contributed by atoms with E-state index >= 15 is 0 Å². The van der Waals surface area contributed by atoms with Gasteiger partial charge in [-0.25, -0.2) is 4.79 Å². The monoisotopic (exact) mass is 475 g/mol. The van der Waals surface area contributed by atoms with E-state index in [9.17, 15) is 14.9 Å². The van der Waals surface area contributed by atoms with E-state index in [4.69, 9.17) is 19.9 Å². The molecule has 0 aromatic heterocycles. The molecule has 0 fully saturated rings. The molecule has 0 saturated carbocycles. The minimum Gasteiger partial charge on any atom is -0.484 e. The second-order valence-corrected chi connectivity index (χ2v) is 8.30.